The van der Waals surface area contributed by atoms with E-state index in [0.717, 1.165) is 0 Å². The van der Waals surface area contributed by atoms with Gasteiger partial charge in [0.25, 0.3) is 0 Å². The molecule has 1 aromatic rings. The summed E-state index contributed by atoms with van der Waals surface area (Å²) >= 11 is 4.32. The minimum Gasteiger partial charge on any atom is -0.285 e. The summed E-state index contributed by atoms with van der Waals surface area (Å²) in [7, 11) is 0. The second-order valence-electron chi connectivity index (χ2n) is 1.62. The van der Waals surface area contributed by atoms with Gasteiger partial charge in [0.05, 0.1) is 0 Å². The summed E-state index contributed by atoms with van der Waals surface area (Å²) < 4.78 is 0. The van der Waals surface area contributed by atoms with Gasteiger partial charge in [0, 0.05) is 12.4 Å². The first kappa shape index (κ1) is 9.11. The zero-order valence-electron chi connectivity index (χ0n) is 5.62. The Labute approximate surface area is 64.9 Å². The van der Waals surface area contributed by atoms with E-state index >= 15 is 0 Å². The third-order valence-electron chi connectivity index (χ3n) is 0.809. The molecule has 0 radical (unpaired) electrons. The number of halogens is 1. The molecule has 0 N–H and O–H groups in total. The quantitative estimate of drug-likeness (QED) is 0.425. The summed E-state index contributed by atoms with van der Waals surface area (Å²) in [5.41, 5.74) is 1.21. The zero-order chi connectivity index (χ0) is 7.82. The van der Waals surface area contributed by atoms with Crippen molar-refractivity contribution in [3.8, 4) is 0 Å². The van der Waals surface area contributed by atoms with E-state index in [2.05, 4.69) is 16.6 Å². The van der Waals surface area contributed by atoms with Crippen LogP contribution in [-0.4, -0.2) is 10.7 Å². The molecule has 1 heterocycles. The van der Waals surface area contributed by atoms with E-state index in [1.807, 2.05) is 25.3 Å². The van der Waals surface area contributed by atoms with E-state index in [1.165, 1.54) is 5.56 Å². The molecule has 0 aliphatic carbocycles. The average Bonchev–Trinajstić information content (AvgIpc) is 1.91. The third kappa shape index (κ3) is 5.25. The van der Waals surface area contributed by atoms with Gasteiger partial charge >= 0.3 is 0 Å². The van der Waals surface area contributed by atoms with Gasteiger partial charge in [-0.25, -0.2) is 0 Å². The molecule has 0 unspecified atom stereocenters. The number of hydrogen-bond donors (Lipinski definition) is 0. The van der Waals surface area contributed by atoms with Crippen LogP contribution in [0.25, 0.3) is 0 Å². The number of hydrogen-bond acceptors (Lipinski definition) is 2. The predicted octanol–water partition coefficient (Wildman–Crippen LogP) is 1.81. The first-order valence-electron chi connectivity index (χ1n) is 2.71. The number of carbonyl (C=O) groups is 1. The van der Waals surface area contributed by atoms with Gasteiger partial charge in [0.1, 0.15) is 0 Å². The molecular formula is C7H8ClNO. The van der Waals surface area contributed by atoms with Crippen LogP contribution >= 0.6 is 11.6 Å². The predicted molar refractivity (Wildman–Crippen MR) is 41.6 cm³/mol. The maximum Gasteiger partial charge on any atom is 0.208 e. The van der Waals surface area contributed by atoms with Crippen molar-refractivity contribution in [1.29, 1.82) is 0 Å². The van der Waals surface area contributed by atoms with Gasteiger partial charge in [-0.15, -0.1) is 0 Å². The third-order valence-corrected chi connectivity index (χ3v) is 0.809. The smallest absolute Gasteiger partial charge is 0.208 e. The Morgan fingerprint density at radius 2 is 2.30 bits per heavy atom. The molecule has 10 heavy (non-hydrogen) atoms. The highest BCUT2D eigenvalue weighted by Crippen LogP contribution is 1.88. The second-order valence-corrected chi connectivity index (χ2v) is 1.80. The standard InChI is InChI=1S/C6H7N.CHClO/c1-6-3-2-4-7-5-6;2-1-3/h2-5H,1H3;1H. The minimum absolute atomic E-state index is 0.222. The Morgan fingerprint density at radius 3 is 2.50 bits per heavy atom. The molecule has 54 valence electrons. The van der Waals surface area contributed by atoms with Crippen LogP contribution in [0.3, 0.4) is 0 Å². The molecule has 0 bridgehead atoms. The molecule has 1 aromatic heterocycles. The molecule has 0 aromatic carbocycles. The van der Waals surface area contributed by atoms with Gasteiger partial charge < -0.3 is 0 Å². The molecule has 0 amide bonds. The van der Waals surface area contributed by atoms with Gasteiger partial charge in [-0.3, -0.25) is 9.78 Å². The van der Waals surface area contributed by atoms with Crippen LogP contribution < -0.4 is 0 Å². The fourth-order valence-electron chi connectivity index (χ4n) is 0.448. The lowest BCUT2D eigenvalue weighted by Crippen LogP contribution is -1.69. The maximum atomic E-state index is 8.57. The largest absolute Gasteiger partial charge is 0.285 e. The van der Waals surface area contributed by atoms with Crippen molar-refractivity contribution in [2.24, 2.45) is 0 Å². The van der Waals surface area contributed by atoms with Crippen molar-refractivity contribution in [2.45, 2.75) is 6.92 Å². The van der Waals surface area contributed by atoms with Crippen LogP contribution in [0, 0.1) is 6.92 Å². The Balaban J connectivity index is 0.000000236. The fourth-order valence-corrected chi connectivity index (χ4v) is 0.448. The molecule has 0 aliphatic rings. The van der Waals surface area contributed by atoms with E-state index < -0.39 is 0 Å². The highest BCUT2D eigenvalue weighted by molar-refractivity contribution is 6.54. The number of nitrogens with zero attached hydrogens (tertiary/aromatic N) is 1. The van der Waals surface area contributed by atoms with E-state index in [1.54, 1.807) is 6.20 Å². The van der Waals surface area contributed by atoms with Crippen molar-refractivity contribution in [1.82, 2.24) is 4.98 Å². The summed E-state index contributed by atoms with van der Waals surface area (Å²) in [5, 5.41) is 0. The summed E-state index contributed by atoms with van der Waals surface area (Å²) in [5.74, 6) is 0.222. The number of pyridine rings is 1. The van der Waals surface area contributed by atoms with Crippen LogP contribution in [0.4, 0.5) is 0 Å². The van der Waals surface area contributed by atoms with Crippen molar-refractivity contribution in [2.75, 3.05) is 0 Å². The zero-order valence-corrected chi connectivity index (χ0v) is 6.38. The van der Waals surface area contributed by atoms with Crippen molar-refractivity contribution in [3.05, 3.63) is 30.1 Å². The maximum absolute atomic E-state index is 8.57. The number of carbonyl (C=O) groups excluding carboxylic acids is 1. The van der Waals surface area contributed by atoms with Crippen LogP contribution in [0.15, 0.2) is 24.5 Å². The van der Waals surface area contributed by atoms with Gasteiger partial charge in [0.2, 0.25) is 5.75 Å². The number of rotatable bonds is 0. The van der Waals surface area contributed by atoms with E-state index in [4.69, 9.17) is 4.79 Å². The van der Waals surface area contributed by atoms with E-state index in [-0.39, 0.29) is 5.75 Å². The molecule has 0 saturated heterocycles. The Hall–Kier alpha value is -0.890. The number of aromatic nitrogens is 1. The first-order chi connectivity index (χ1) is 4.81. The molecule has 0 spiro atoms. The summed E-state index contributed by atoms with van der Waals surface area (Å²) in [6.07, 6.45) is 3.60. The highest BCUT2D eigenvalue weighted by Gasteiger charge is 1.73. The van der Waals surface area contributed by atoms with Crippen molar-refractivity contribution < 1.29 is 4.79 Å². The molecule has 0 fully saturated rings. The van der Waals surface area contributed by atoms with Gasteiger partial charge in [-0.05, 0) is 30.2 Å². The van der Waals surface area contributed by atoms with Crippen LogP contribution in [0.2, 0.25) is 0 Å². The van der Waals surface area contributed by atoms with E-state index in [0.29, 0.717) is 0 Å². The molecule has 0 saturated carbocycles. The molecule has 3 heteroatoms. The van der Waals surface area contributed by atoms with Gasteiger partial charge in [-0.1, -0.05) is 6.07 Å². The monoisotopic (exact) mass is 157 g/mol. The lowest BCUT2D eigenvalue weighted by Gasteiger charge is -1.82. The van der Waals surface area contributed by atoms with Crippen LogP contribution in [0.1, 0.15) is 5.56 Å². The van der Waals surface area contributed by atoms with Crippen molar-refractivity contribution in [3.63, 3.8) is 0 Å². The SMILES string of the molecule is Cc1cccnc1.O=CCl. The lowest BCUT2D eigenvalue weighted by molar-refractivity contribution is 0.569. The average molecular weight is 158 g/mol. The summed E-state index contributed by atoms with van der Waals surface area (Å²) in [6.45, 7) is 2.02. The van der Waals surface area contributed by atoms with Crippen LogP contribution in [0.5, 0.6) is 0 Å². The number of aryl methyl sites for hydroxylation is 1. The van der Waals surface area contributed by atoms with Gasteiger partial charge in [-0.2, -0.15) is 0 Å². The Bertz CT molecular complexity index is 176. The topological polar surface area (TPSA) is 30.0 Å². The minimum atomic E-state index is 0.222. The van der Waals surface area contributed by atoms with Gasteiger partial charge in [0.15, 0.2) is 0 Å². The first-order valence-corrected chi connectivity index (χ1v) is 3.15. The summed E-state index contributed by atoms with van der Waals surface area (Å²) in [6, 6.07) is 3.95. The molecule has 2 nitrogen and oxygen atoms in total. The molecule has 0 aliphatic heterocycles. The van der Waals surface area contributed by atoms with Crippen molar-refractivity contribution >= 4 is 17.3 Å². The fraction of sp³-hybridized carbons (Fsp3) is 0.143. The Kier molecular flexibility index (Phi) is 5.68. The normalized spacial score (nSPS) is 7.40. The molecule has 0 atom stereocenters. The molecule has 1 rings (SSSR count). The second kappa shape index (κ2) is 6.23. The molecular weight excluding hydrogens is 150 g/mol. The highest BCUT2D eigenvalue weighted by atomic mass is 35.5. The lowest BCUT2D eigenvalue weighted by atomic mass is 10.3. The summed E-state index contributed by atoms with van der Waals surface area (Å²) in [4.78, 5) is 12.5. The van der Waals surface area contributed by atoms with Crippen LogP contribution in [-0.2, 0) is 4.79 Å². The van der Waals surface area contributed by atoms with E-state index in [9.17, 15) is 0 Å². The Morgan fingerprint density at radius 1 is 1.70 bits per heavy atom.